The molecule has 1 atom stereocenters. The van der Waals surface area contributed by atoms with Crippen molar-refractivity contribution in [3.8, 4) is 0 Å². The molecule has 5 nitrogen and oxygen atoms in total. The maximum absolute atomic E-state index is 13.1. The molecule has 1 unspecified atom stereocenters. The Morgan fingerprint density at radius 3 is 2.41 bits per heavy atom. The second-order valence-electron chi connectivity index (χ2n) is 8.40. The summed E-state index contributed by atoms with van der Waals surface area (Å²) in [4.78, 5) is 12.9. The number of nitrogens with zero attached hydrogens (tertiary/aromatic N) is 1. The van der Waals surface area contributed by atoms with Crippen LogP contribution in [-0.4, -0.2) is 31.7 Å². The molecule has 0 saturated carbocycles. The lowest BCUT2D eigenvalue weighted by molar-refractivity contribution is -0.137. The number of hydrogen-bond acceptors (Lipinski definition) is 3. The van der Waals surface area contributed by atoms with E-state index in [2.05, 4.69) is 5.32 Å². The minimum atomic E-state index is -4.45. The number of carbonyl (C=O) groups excluding carboxylic acids is 1. The van der Waals surface area contributed by atoms with Gasteiger partial charge in [-0.15, -0.1) is 0 Å². The van der Waals surface area contributed by atoms with Crippen molar-refractivity contribution in [2.45, 2.75) is 44.8 Å². The number of carbonyl (C=O) groups is 1. The summed E-state index contributed by atoms with van der Waals surface area (Å²) in [5.74, 6) is -0.651. The molecule has 2 aromatic carbocycles. The Morgan fingerprint density at radius 1 is 1.12 bits per heavy atom. The molecular formula is C25H29F3N2O3S. The van der Waals surface area contributed by atoms with E-state index in [-0.39, 0.29) is 19.0 Å². The second-order valence-corrected chi connectivity index (χ2v) is 10.2. The maximum Gasteiger partial charge on any atom is 0.416 e. The van der Waals surface area contributed by atoms with Crippen molar-refractivity contribution in [2.24, 2.45) is 5.92 Å². The second kappa shape index (κ2) is 11.2. The number of rotatable bonds is 8. The third-order valence-corrected chi connectivity index (χ3v) is 7.49. The van der Waals surface area contributed by atoms with Gasteiger partial charge in [0.05, 0.1) is 11.6 Å². The molecule has 1 fully saturated rings. The molecule has 1 saturated heterocycles. The molecule has 184 valence electrons. The van der Waals surface area contributed by atoms with Crippen LogP contribution < -0.4 is 5.32 Å². The van der Waals surface area contributed by atoms with Crippen molar-refractivity contribution in [1.29, 1.82) is 0 Å². The van der Waals surface area contributed by atoms with Crippen molar-refractivity contribution in [1.82, 2.24) is 9.62 Å². The summed E-state index contributed by atoms with van der Waals surface area (Å²) in [5, 5.41) is 4.07. The highest BCUT2D eigenvalue weighted by Gasteiger charge is 2.33. The van der Waals surface area contributed by atoms with Crippen LogP contribution in [0.4, 0.5) is 13.2 Å². The van der Waals surface area contributed by atoms with Crippen LogP contribution in [0.5, 0.6) is 0 Å². The predicted octanol–water partition coefficient (Wildman–Crippen LogP) is 5.38. The monoisotopic (exact) mass is 494 g/mol. The maximum atomic E-state index is 13.1. The molecule has 1 N–H and O–H groups in total. The first-order valence-electron chi connectivity index (χ1n) is 11.3. The van der Waals surface area contributed by atoms with E-state index in [4.69, 9.17) is 0 Å². The summed E-state index contributed by atoms with van der Waals surface area (Å²) in [6.45, 7) is 2.32. The van der Waals surface area contributed by atoms with Crippen LogP contribution in [0.2, 0.25) is 0 Å². The van der Waals surface area contributed by atoms with E-state index in [1.807, 2.05) is 25.1 Å². The Balaban J connectivity index is 1.61. The molecular weight excluding hydrogens is 465 g/mol. The lowest BCUT2D eigenvalue weighted by Gasteiger charge is -2.31. The third kappa shape index (κ3) is 6.93. The SMILES string of the molecule is CCCC(NC(=O)C1CCN(S(=O)(=O)C=Cc2ccccc2)CC1)c1cccc(C(F)(F)F)c1. The van der Waals surface area contributed by atoms with E-state index in [1.165, 1.54) is 15.8 Å². The van der Waals surface area contributed by atoms with Gasteiger partial charge in [0.25, 0.3) is 0 Å². The number of halogens is 3. The quantitative estimate of drug-likeness (QED) is 0.536. The van der Waals surface area contributed by atoms with Crippen molar-refractivity contribution >= 4 is 22.0 Å². The fraction of sp³-hybridized carbons (Fsp3) is 0.400. The highest BCUT2D eigenvalue weighted by atomic mass is 32.2. The fourth-order valence-electron chi connectivity index (χ4n) is 4.02. The topological polar surface area (TPSA) is 66.5 Å². The van der Waals surface area contributed by atoms with Crippen LogP contribution in [0.1, 0.15) is 55.3 Å². The van der Waals surface area contributed by atoms with E-state index in [0.29, 0.717) is 31.2 Å². The van der Waals surface area contributed by atoms with Gasteiger partial charge in [0.1, 0.15) is 0 Å². The predicted molar refractivity (Wildman–Crippen MR) is 126 cm³/mol. The zero-order valence-electron chi connectivity index (χ0n) is 19.0. The van der Waals surface area contributed by atoms with Crippen LogP contribution in [0, 0.1) is 5.92 Å². The molecule has 1 heterocycles. The molecule has 34 heavy (non-hydrogen) atoms. The Bertz CT molecular complexity index is 1090. The van der Waals surface area contributed by atoms with Crippen LogP contribution in [0.3, 0.4) is 0 Å². The largest absolute Gasteiger partial charge is 0.416 e. The summed E-state index contributed by atoms with van der Waals surface area (Å²) in [7, 11) is -3.61. The average molecular weight is 495 g/mol. The average Bonchev–Trinajstić information content (AvgIpc) is 2.83. The first-order chi connectivity index (χ1) is 16.1. The molecule has 0 bridgehead atoms. The molecule has 1 aliphatic rings. The Hall–Kier alpha value is -2.65. The summed E-state index contributed by atoms with van der Waals surface area (Å²) < 4.78 is 66.0. The molecule has 1 aliphatic heterocycles. The van der Waals surface area contributed by atoms with Gasteiger partial charge in [0, 0.05) is 24.4 Å². The first kappa shape index (κ1) is 26.0. The van der Waals surface area contributed by atoms with Crippen LogP contribution >= 0.6 is 0 Å². The standard InChI is InChI=1S/C25H29F3N2O3S/c1-2-7-23(21-10-6-11-22(18-21)25(26,27)28)29-24(31)20-12-15-30(16-13-20)34(32,33)17-14-19-8-4-3-5-9-19/h3-6,8-11,14,17-18,20,23H,2,7,12-13,15-16H2,1H3,(H,29,31). The molecule has 0 spiro atoms. The van der Waals surface area contributed by atoms with Crippen molar-refractivity contribution in [2.75, 3.05) is 13.1 Å². The zero-order chi connectivity index (χ0) is 24.8. The highest BCUT2D eigenvalue weighted by Crippen LogP contribution is 2.32. The van der Waals surface area contributed by atoms with Gasteiger partial charge in [-0.2, -0.15) is 17.5 Å². The summed E-state index contributed by atoms with van der Waals surface area (Å²) >= 11 is 0. The highest BCUT2D eigenvalue weighted by molar-refractivity contribution is 7.92. The van der Waals surface area contributed by atoms with Crippen molar-refractivity contribution < 1.29 is 26.4 Å². The van der Waals surface area contributed by atoms with Gasteiger partial charge in [0.15, 0.2) is 0 Å². The molecule has 1 amide bonds. The van der Waals surface area contributed by atoms with Crippen LogP contribution in [0.25, 0.3) is 6.08 Å². The van der Waals surface area contributed by atoms with Gasteiger partial charge in [0.2, 0.25) is 15.9 Å². The van der Waals surface area contributed by atoms with E-state index in [9.17, 15) is 26.4 Å². The molecule has 9 heteroatoms. The van der Waals surface area contributed by atoms with E-state index < -0.39 is 33.7 Å². The fourth-order valence-corrected chi connectivity index (χ4v) is 5.24. The molecule has 0 aromatic heterocycles. The zero-order valence-corrected chi connectivity index (χ0v) is 19.8. The number of benzene rings is 2. The smallest absolute Gasteiger partial charge is 0.349 e. The third-order valence-electron chi connectivity index (χ3n) is 5.93. The van der Waals surface area contributed by atoms with Gasteiger partial charge >= 0.3 is 6.18 Å². The molecule has 0 aliphatic carbocycles. The van der Waals surface area contributed by atoms with Crippen LogP contribution in [0.15, 0.2) is 60.0 Å². The minimum absolute atomic E-state index is 0.210. The van der Waals surface area contributed by atoms with Gasteiger partial charge in [-0.3, -0.25) is 4.79 Å². The first-order valence-corrected chi connectivity index (χ1v) is 12.8. The van der Waals surface area contributed by atoms with Gasteiger partial charge < -0.3 is 5.32 Å². The number of amides is 1. The van der Waals surface area contributed by atoms with E-state index in [0.717, 1.165) is 17.7 Å². The number of piperidine rings is 1. The van der Waals surface area contributed by atoms with Crippen LogP contribution in [-0.2, 0) is 21.0 Å². The number of hydrogen-bond donors (Lipinski definition) is 1. The summed E-state index contributed by atoms with van der Waals surface area (Å²) in [6.07, 6.45) is -1.02. The summed E-state index contributed by atoms with van der Waals surface area (Å²) in [5.41, 5.74) is 0.440. The minimum Gasteiger partial charge on any atom is -0.349 e. The number of sulfonamides is 1. The lowest BCUT2D eigenvalue weighted by Crippen LogP contribution is -2.43. The Morgan fingerprint density at radius 2 is 1.79 bits per heavy atom. The molecule has 3 rings (SSSR count). The number of alkyl halides is 3. The van der Waals surface area contributed by atoms with E-state index in [1.54, 1.807) is 24.3 Å². The lowest BCUT2D eigenvalue weighted by atomic mass is 9.95. The van der Waals surface area contributed by atoms with Crippen molar-refractivity contribution in [3.05, 3.63) is 76.7 Å². The van der Waals surface area contributed by atoms with Gasteiger partial charge in [-0.05, 0) is 48.6 Å². The van der Waals surface area contributed by atoms with Gasteiger partial charge in [-0.1, -0.05) is 55.8 Å². The Kier molecular flexibility index (Phi) is 8.54. The van der Waals surface area contributed by atoms with Gasteiger partial charge in [-0.25, -0.2) is 8.42 Å². The molecule has 0 radical (unpaired) electrons. The summed E-state index contributed by atoms with van der Waals surface area (Å²) in [6, 6.07) is 13.6. The van der Waals surface area contributed by atoms with Crippen molar-refractivity contribution in [3.63, 3.8) is 0 Å². The van der Waals surface area contributed by atoms with E-state index >= 15 is 0 Å². The molecule has 2 aromatic rings. The number of nitrogens with one attached hydrogen (secondary N) is 1. The normalized spacial score (nSPS) is 17.1. The Labute approximate surface area is 198 Å².